The molecule has 0 aromatic heterocycles. The van der Waals surface area contributed by atoms with Crippen LogP contribution in [0, 0.1) is 12.3 Å². The molecular formula is C17H25IN4. The largest absolute Gasteiger partial charge is 0.356 e. The Morgan fingerprint density at radius 1 is 1.23 bits per heavy atom. The normalized spacial score (nSPS) is 15.8. The van der Waals surface area contributed by atoms with Gasteiger partial charge < -0.3 is 10.2 Å². The molecule has 0 radical (unpaired) electrons. The Hall–Kier alpha value is -1.26. The summed E-state index contributed by atoms with van der Waals surface area (Å²) in [5.74, 6) is 3.51. The second-order valence-corrected chi connectivity index (χ2v) is 5.12. The summed E-state index contributed by atoms with van der Waals surface area (Å²) in [4.78, 5) is 9.22. The van der Waals surface area contributed by atoms with Crippen LogP contribution in [-0.2, 0) is 6.54 Å². The number of rotatable bonds is 4. The molecule has 4 nitrogen and oxygen atoms in total. The summed E-state index contributed by atoms with van der Waals surface area (Å²) in [5, 5.41) is 3.31. The van der Waals surface area contributed by atoms with E-state index in [0.29, 0.717) is 6.54 Å². The minimum absolute atomic E-state index is 0. The molecule has 2 rings (SSSR count). The molecule has 1 N–H and O–H groups in total. The molecule has 0 aliphatic carbocycles. The standard InChI is InChI=1S/C17H24N4.HI/c1-3-10-19-17(18-4-2)21-13-11-20(12-14-21)15-16-8-6-5-7-9-16;/h1,5-9H,4,10-15H2,2H3,(H,18,19);1H. The maximum Gasteiger partial charge on any atom is 0.194 e. The molecule has 0 atom stereocenters. The molecule has 0 saturated carbocycles. The summed E-state index contributed by atoms with van der Waals surface area (Å²) in [6.45, 7) is 8.49. The van der Waals surface area contributed by atoms with Gasteiger partial charge in [-0.2, -0.15) is 0 Å². The maximum absolute atomic E-state index is 5.30. The number of nitrogens with one attached hydrogen (secondary N) is 1. The smallest absolute Gasteiger partial charge is 0.194 e. The lowest BCUT2D eigenvalue weighted by molar-refractivity contribution is 0.172. The van der Waals surface area contributed by atoms with E-state index in [1.165, 1.54) is 5.56 Å². The number of piperazine rings is 1. The third-order valence-electron chi connectivity index (χ3n) is 3.58. The van der Waals surface area contributed by atoms with Gasteiger partial charge in [0.25, 0.3) is 0 Å². The van der Waals surface area contributed by atoms with Crippen molar-refractivity contribution in [2.75, 3.05) is 39.3 Å². The van der Waals surface area contributed by atoms with Crippen molar-refractivity contribution in [3.8, 4) is 12.3 Å². The van der Waals surface area contributed by atoms with Crippen LogP contribution in [0.15, 0.2) is 35.3 Å². The lowest BCUT2D eigenvalue weighted by Crippen LogP contribution is -2.52. The zero-order chi connectivity index (χ0) is 14.9. The molecule has 1 aromatic rings. The topological polar surface area (TPSA) is 30.9 Å². The SMILES string of the molecule is C#CCN=C(NCC)N1CCN(Cc2ccccc2)CC1.I. The summed E-state index contributed by atoms with van der Waals surface area (Å²) in [7, 11) is 0. The zero-order valence-electron chi connectivity index (χ0n) is 13.2. The predicted molar refractivity (Wildman–Crippen MR) is 104 cm³/mol. The molecular weight excluding hydrogens is 387 g/mol. The van der Waals surface area contributed by atoms with Crippen molar-refractivity contribution in [1.82, 2.24) is 15.1 Å². The Labute approximate surface area is 151 Å². The Morgan fingerprint density at radius 3 is 2.50 bits per heavy atom. The number of terminal acetylenes is 1. The molecule has 1 aliphatic rings. The fourth-order valence-corrected chi connectivity index (χ4v) is 2.51. The number of halogens is 1. The highest BCUT2D eigenvalue weighted by atomic mass is 127. The second-order valence-electron chi connectivity index (χ2n) is 5.12. The zero-order valence-corrected chi connectivity index (χ0v) is 15.5. The minimum atomic E-state index is 0. The molecule has 1 saturated heterocycles. The van der Waals surface area contributed by atoms with Crippen LogP contribution >= 0.6 is 24.0 Å². The van der Waals surface area contributed by atoms with E-state index in [0.717, 1.165) is 45.2 Å². The van der Waals surface area contributed by atoms with Crippen LogP contribution in [0.1, 0.15) is 12.5 Å². The summed E-state index contributed by atoms with van der Waals surface area (Å²) in [6, 6.07) is 10.6. The number of hydrogen-bond acceptors (Lipinski definition) is 2. The van der Waals surface area contributed by atoms with Crippen LogP contribution in [0.2, 0.25) is 0 Å². The van der Waals surface area contributed by atoms with E-state index in [-0.39, 0.29) is 24.0 Å². The Morgan fingerprint density at radius 2 is 1.91 bits per heavy atom. The average molecular weight is 412 g/mol. The number of nitrogens with zero attached hydrogens (tertiary/aromatic N) is 3. The number of benzene rings is 1. The van der Waals surface area contributed by atoms with Crippen molar-refractivity contribution in [2.24, 2.45) is 4.99 Å². The third-order valence-corrected chi connectivity index (χ3v) is 3.58. The van der Waals surface area contributed by atoms with E-state index in [4.69, 9.17) is 6.42 Å². The van der Waals surface area contributed by atoms with Crippen molar-refractivity contribution in [2.45, 2.75) is 13.5 Å². The van der Waals surface area contributed by atoms with Crippen LogP contribution in [0.4, 0.5) is 0 Å². The summed E-state index contributed by atoms with van der Waals surface area (Å²) in [5.41, 5.74) is 1.37. The lowest BCUT2D eigenvalue weighted by Gasteiger charge is -2.36. The van der Waals surface area contributed by atoms with Gasteiger partial charge in [-0.25, -0.2) is 4.99 Å². The first kappa shape index (κ1) is 18.8. The first-order valence-corrected chi connectivity index (χ1v) is 7.56. The van der Waals surface area contributed by atoms with Gasteiger partial charge in [0.2, 0.25) is 0 Å². The monoisotopic (exact) mass is 412 g/mol. The van der Waals surface area contributed by atoms with Gasteiger partial charge in [-0.05, 0) is 12.5 Å². The first-order chi connectivity index (χ1) is 10.3. The summed E-state index contributed by atoms with van der Waals surface area (Å²) < 4.78 is 0. The molecule has 5 heteroatoms. The van der Waals surface area contributed by atoms with Crippen LogP contribution < -0.4 is 5.32 Å². The Balaban J connectivity index is 0.00000242. The van der Waals surface area contributed by atoms with Gasteiger partial charge in [0.05, 0.1) is 0 Å². The van der Waals surface area contributed by atoms with E-state index >= 15 is 0 Å². The Kier molecular flexibility index (Phi) is 8.94. The molecule has 1 aromatic carbocycles. The molecule has 1 aliphatic heterocycles. The van der Waals surface area contributed by atoms with Crippen molar-refractivity contribution in [3.05, 3.63) is 35.9 Å². The lowest BCUT2D eigenvalue weighted by atomic mass is 10.2. The van der Waals surface area contributed by atoms with Crippen LogP contribution in [0.3, 0.4) is 0 Å². The molecule has 0 bridgehead atoms. The van der Waals surface area contributed by atoms with Gasteiger partial charge in [0.1, 0.15) is 6.54 Å². The van der Waals surface area contributed by atoms with Crippen LogP contribution in [-0.4, -0.2) is 55.0 Å². The minimum Gasteiger partial charge on any atom is -0.356 e. The number of aliphatic imine (C=N–C) groups is 1. The van der Waals surface area contributed by atoms with Gasteiger partial charge in [-0.1, -0.05) is 36.3 Å². The molecule has 22 heavy (non-hydrogen) atoms. The van der Waals surface area contributed by atoms with E-state index in [1.54, 1.807) is 0 Å². The van der Waals surface area contributed by atoms with Gasteiger partial charge in [-0.15, -0.1) is 30.4 Å². The molecule has 0 spiro atoms. The van der Waals surface area contributed by atoms with Crippen molar-refractivity contribution in [3.63, 3.8) is 0 Å². The van der Waals surface area contributed by atoms with E-state index in [9.17, 15) is 0 Å². The molecule has 0 amide bonds. The summed E-state index contributed by atoms with van der Waals surface area (Å²) in [6.07, 6.45) is 5.30. The number of guanidine groups is 1. The van der Waals surface area contributed by atoms with Crippen molar-refractivity contribution >= 4 is 29.9 Å². The number of hydrogen-bond donors (Lipinski definition) is 1. The second kappa shape index (κ2) is 10.5. The maximum atomic E-state index is 5.30. The van der Waals surface area contributed by atoms with Crippen molar-refractivity contribution in [1.29, 1.82) is 0 Å². The highest BCUT2D eigenvalue weighted by Gasteiger charge is 2.19. The first-order valence-electron chi connectivity index (χ1n) is 7.56. The van der Waals surface area contributed by atoms with Crippen LogP contribution in [0.25, 0.3) is 0 Å². The molecule has 1 heterocycles. The van der Waals surface area contributed by atoms with E-state index in [2.05, 4.69) is 63.3 Å². The highest BCUT2D eigenvalue weighted by Crippen LogP contribution is 2.08. The van der Waals surface area contributed by atoms with Gasteiger partial charge in [0.15, 0.2) is 5.96 Å². The Bertz CT molecular complexity index is 487. The quantitative estimate of drug-likeness (QED) is 0.356. The van der Waals surface area contributed by atoms with E-state index in [1.807, 2.05) is 0 Å². The van der Waals surface area contributed by atoms with Crippen LogP contribution in [0.5, 0.6) is 0 Å². The highest BCUT2D eigenvalue weighted by molar-refractivity contribution is 14.0. The molecule has 0 unspecified atom stereocenters. The van der Waals surface area contributed by atoms with E-state index < -0.39 is 0 Å². The third kappa shape index (κ3) is 5.85. The molecule has 1 fully saturated rings. The predicted octanol–water partition coefficient (Wildman–Crippen LogP) is 2.02. The summed E-state index contributed by atoms with van der Waals surface area (Å²) >= 11 is 0. The fraction of sp³-hybridized carbons (Fsp3) is 0.471. The molecule has 120 valence electrons. The average Bonchev–Trinajstić information content (AvgIpc) is 2.53. The fourth-order valence-electron chi connectivity index (χ4n) is 2.51. The van der Waals surface area contributed by atoms with Crippen molar-refractivity contribution < 1.29 is 0 Å². The van der Waals surface area contributed by atoms with Gasteiger partial charge in [-0.3, -0.25) is 4.90 Å². The van der Waals surface area contributed by atoms with Gasteiger partial charge in [0, 0.05) is 39.3 Å². The van der Waals surface area contributed by atoms with Gasteiger partial charge >= 0.3 is 0 Å².